The molecule has 2 atom stereocenters. The molecule has 118 valence electrons. The summed E-state index contributed by atoms with van der Waals surface area (Å²) in [4.78, 5) is 12.2. The van der Waals surface area contributed by atoms with E-state index in [-0.39, 0.29) is 21.6 Å². The van der Waals surface area contributed by atoms with Gasteiger partial charge < -0.3 is 5.73 Å². The molecular formula is C19H24ClNO. The monoisotopic (exact) mass is 317 g/mol. The lowest BCUT2D eigenvalue weighted by atomic mass is 9.39. The third-order valence-corrected chi connectivity index (χ3v) is 7.92. The maximum absolute atomic E-state index is 12.3. The van der Waals surface area contributed by atoms with E-state index in [1.807, 2.05) is 0 Å². The average molecular weight is 318 g/mol. The summed E-state index contributed by atoms with van der Waals surface area (Å²) in [7, 11) is 0. The van der Waals surface area contributed by atoms with Crippen LogP contribution in [0, 0.1) is 17.3 Å². The number of hydrogen-bond donors (Lipinski definition) is 1. The van der Waals surface area contributed by atoms with E-state index in [0.29, 0.717) is 11.8 Å². The number of carbonyl (C=O) groups is 1. The third-order valence-electron chi connectivity index (χ3n) is 7.03. The van der Waals surface area contributed by atoms with Gasteiger partial charge in [0, 0.05) is 0 Å². The minimum Gasteiger partial charge on any atom is -0.369 e. The van der Waals surface area contributed by atoms with E-state index < -0.39 is 0 Å². The molecule has 0 heterocycles. The molecule has 0 aromatic heterocycles. The van der Waals surface area contributed by atoms with Crippen molar-refractivity contribution in [2.75, 3.05) is 0 Å². The van der Waals surface area contributed by atoms with Gasteiger partial charge in [-0.1, -0.05) is 37.3 Å². The average Bonchev–Trinajstić information content (AvgIpc) is 2.52. The van der Waals surface area contributed by atoms with Crippen molar-refractivity contribution in [2.45, 2.75) is 55.7 Å². The Morgan fingerprint density at radius 1 is 1.18 bits per heavy atom. The highest BCUT2D eigenvalue weighted by Gasteiger charge is 2.67. The van der Waals surface area contributed by atoms with Gasteiger partial charge in [-0.25, -0.2) is 0 Å². The molecule has 1 aromatic carbocycles. The molecule has 0 aliphatic heterocycles. The lowest BCUT2D eigenvalue weighted by Gasteiger charge is -2.67. The predicted molar refractivity (Wildman–Crippen MR) is 88.7 cm³/mol. The highest BCUT2D eigenvalue weighted by atomic mass is 35.5. The number of nitrogens with two attached hydrogens (primary N) is 1. The lowest BCUT2D eigenvalue weighted by Crippen LogP contribution is -2.66. The minimum atomic E-state index is -0.324. The molecule has 2 nitrogen and oxygen atoms in total. The summed E-state index contributed by atoms with van der Waals surface area (Å²) >= 11 is 7.08. The molecule has 3 heteroatoms. The Labute approximate surface area is 137 Å². The molecule has 0 radical (unpaired) electrons. The smallest absolute Gasteiger partial charge is 0.223 e. The molecule has 2 unspecified atom stereocenters. The molecule has 1 aromatic rings. The van der Waals surface area contributed by atoms with Crippen LogP contribution in [0.5, 0.6) is 0 Å². The van der Waals surface area contributed by atoms with Crippen LogP contribution in [-0.2, 0) is 10.2 Å². The molecule has 4 aliphatic carbocycles. The van der Waals surface area contributed by atoms with Crippen LogP contribution in [-0.4, -0.2) is 10.8 Å². The van der Waals surface area contributed by atoms with Gasteiger partial charge in [0.1, 0.15) is 0 Å². The maximum Gasteiger partial charge on any atom is 0.223 e. The number of hydrogen-bond acceptors (Lipinski definition) is 1. The molecule has 4 saturated carbocycles. The van der Waals surface area contributed by atoms with Crippen molar-refractivity contribution in [1.82, 2.24) is 0 Å². The van der Waals surface area contributed by atoms with E-state index in [9.17, 15) is 4.79 Å². The second-order valence-corrected chi connectivity index (χ2v) is 8.66. The molecule has 0 saturated heterocycles. The van der Waals surface area contributed by atoms with Gasteiger partial charge in [-0.15, -0.1) is 11.6 Å². The Kier molecular flexibility index (Phi) is 2.98. The SMILES string of the molecule is CCC1(Cl)C2CC3(C(N)=O)CC1CC(c1ccccc1)(C2)C3. The van der Waals surface area contributed by atoms with Gasteiger partial charge in [0.2, 0.25) is 5.91 Å². The molecule has 4 fully saturated rings. The zero-order chi connectivity index (χ0) is 15.6. The van der Waals surface area contributed by atoms with Crippen molar-refractivity contribution in [1.29, 1.82) is 0 Å². The van der Waals surface area contributed by atoms with Crippen LogP contribution in [0.2, 0.25) is 0 Å². The van der Waals surface area contributed by atoms with Crippen LogP contribution >= 0.6 is 11.6 Å². The van der Waals surface area contributed by atoms with Crippen molar-refractivity contribution in [3.8, 4) is 0 Å². The first-order valence-corrected chi connectivity index (χ1v) is 8.86. The van der Waals surface area contributed by atoms with E-state index in [1.165, 1.54) is 5.56 Å². The number of benzene rings is 1. The van der Waals surface area contributed by atoms with Crippen molar-refractivity contribution in [2.24, 2.45) is 23.0 Å². The Balaban J connectivity index is 1.83. The van der Waals surface area contributed by atoms with Crippen LogP contribution < -0.4 is 5.73 Å². The standard InChI is InChI=1S/C19H24ClNO/c1-2-19(20)14-8-17(13-6-4-3-5-7-13)9-15(19)11-18(10-14,12-17)16(21)22/h3-7,14-15H,2,8-12H2,1H3,(H2,21,22). The largest absolute Gasteiger partial charge is 0.369 e. The third kappa shape index (κ3) is 1.71. The molecule has 5 rings (SSSR count). The van der Waals surface area contributed by atoms with E-state index in [4.69, 9.17) is 17.3 Å². The number of amides is 1. The first kappa shape index (κ1) is 14.6. The topological polar surface area (TPSA) is 43.1 Å². The number of rotatable bonds is 3. The zero-order valence-electron chi connectivity index (χ0n) is 13.1. The summed E-state index contributed by atoms with van der Waals surface area (Å²) in [6, 6.07) is 10.7. The fourth-order valence-electron chi connectivity index (χ4n) is 6.14. The number of primary amides is 1. The Hall–Kier alpha value is -1.02. The summed E-state index contributed by atoms with van der Waals surface area (Å²) < 4.78 is 0. The van der Waals surface area contributed by atoms with Crippen LogP contribution in [0.3, 0.4) is 0 Å². The molecular weight excluding hydrogens is 294 g/mol. The van der Waals surface area contributed by atoms with Gasteiger partial charge in [-0.05, 0) is 61.3 Å². The summed E-state index contributed by atoms with van der Waals surface area (Å²) in [6.07, 6.45) is 5.92. The second kappa shape index (κ2) is 4.50. The van der Waals surface area contributed by atoms with Gasteiger partial charge in [0.25, 0.3) is 0 Å². The fourth-order valence-corrected chi connectivity index (χ4v) is 6.45. The van der Waals surface area contributed by atoms with Crippen molar-refractivity contribution >= 4 is 17.5 Å². The number of carbonyl (C=O) groups excluding carboxylic acids is 1. The van der Waals surface area contributed by atoms with Gasteiger partial charge in [0.15, 0.2) is 0 Å². The van der Waals surface area contributed by atoms with Crippen LogP contribution in [0.4, 0.5) is 0 Å². The van der Waals surface area contributed by atoms with Gasteiger partial charge in [-0.3, -0.25) is 4.79 Å². The summed E-state index contributed by atoms with van der Waals surface area (Å²) in [5.74, 6) is 0.721. The lowest BCUT2D eigenvalue weighted by molar-refractivity contribution is -0.151. The molecule has 4 bridgehead atoms. The molecule has 2 N–H and O–H groups in total. The summed E-state index contributed by atoms with van der Waals surface area (Å²) in [6.45, 7) is 2.20. The quantitative estimate of drug-likeness (QED) is 0.841. The first-order valence-electron chi connectivity index (χ1n) is 8.48. The number of alkyl halides is 1. The zero-order valence-corrected chi connectivity index (χ0v) is 13.9. The molecule has 1 amide bonds. The van der Waals surface area contributed by atoms with Crippen molar-refractivity contribution in [3.05, 3.63) is 35.9 Å². The minimum absolute atomic E-state index is 0.1000. The van der Waals surface area contributed by atoms with E-state index >= 15 is 0 Å². The Morgan fingerprint density at radius 2 is 1.77 bits per heavy atom. The summed E-state index contributed by atoms with van der Waals surface area (Å²) in [5.41, 5.74) is 7.04. The Morgan fingerprint density at radius 3 is 2.27 bits per heavy atom. The maximum atomic E-state index is 12.3. The highest BCUT2D eigenvalue weighted by molar-refractivity contribution is 6.24. The van der Waals surface area contributed by atoms with Crippen LogP contribution in [0.25, 0.3) is 0 Å². The van der Waals surface area contributed by atoms with Gasteiger partial charge in [-0.2, -0.15) is 0 Å². The van der Waals surface area contributed by atoms with Crippen molar-refractivity contribution in [3.63, 3.8) is 0 Å². The van der Waals surface area contributed by atoms with Crippen molar-refractivity contribution < 1.29 is 4.79 Å². The van der Waals surface area contributed by atoms with E-state index in [2.05, 4.69) is 37.3 Å². The molecule has 22 heavy (non-hydrogen) atoms. The van der Waals surface area contributed by atoms with Gasteiger partial charge >= 0.3 is 0 Å². The van der Waals surface area contributed by atoms with E-state index in [0.717, 1.165) is 38.5 Å². The predicted octanol–water partition coefficient (Wildman–Crippen LogP) is 4.01. The fraction of sp³-hybridized carbons (Fsp3) is 0.632. The number of halogens is 1. The molecule has 0 spiro atoms. The normalized spacial score (nSPS) is 45.9. The van der Waals surface area contributed by atoms with E-state index in [1.54, 1.807) is 0 Å². The van der Waals surface area contributed by atoms with Gasteiger partial charge in [0.05, 0.1) is 10.3 Å². The Bertz CT molecular complexity index is 595. The second-order valence-electron chi connectivity index (χ2n) is 7.96. The highest BCUT2D eigenvalue weighted by Crippen LogP contribution is 2.70. The van der Waals surface area contributed by atoms with Crippen LogP contribution in [0.1, 0.15) is 51.0 Å². The first-order chi connectivity index (χ1) is 10.4. The molecule has 4 aliphatic rings. The summed E-state index contributed by atoms with van der Waals surface area (Å²) in [5, 5.41) is 0. The van der Waals surface area contributed by atoms with Crippen LogP contribution in [0.15, 0.2) is 30.3 Å².